The van der Waals surface area contributed by atoms with Gasteiger partial charge >= 0.3 is 5.97 Å². The van der Waals surface area contributed by atoms with E-state index in [-0.39, 0.29) is 13.0 Å². The Morgan fingerprint density at radius 3 is 1.68 bits per heavy atom. The average molecular weight is 278 g/mol. The SMILES string of the molecule is CCOC(=O)c1c(F)c(F)c(C(=O)CC)c(F)c1F. The lowest BCUT2D eigenvalue weighted by Crippen LogP contribution is -2.17. The van der Waals surface area contributed by atoms with Crippen molar-refractivity contribution in [3.8, 4) is 0 Å². The minimum atomic E-state index is -1.94. The first-order valence-corrected chi connectivity index (χ1v) is 5.42. The van der Waals surface area contributed by atoms with E-state index < -0.39 is 46.1 Å². The summed E-state index contributed by atoms with van der Waals surface area (Å²) in [6.07, 6.45) is -0.342. The third-order valence-corrected chi connectivity index (χ3v) is 2.34. The number of hydrogen-bond donors (Lipinski definition) is 0. The van der Waals surface area contributed by atoms with Crippen molar-refractivity contribution >= 4 is 11.8 Å². The van der Waals surface area contributed by atoms with Crippen LogP contribution in [-0.4, -0.2) is 18.4 Å². The van der Waals surface area contributed by atoms with Crippen LogP contribution in [0.1, 0.15) is 41.0 Å². The van der Waals surface area contributed by atoms with Gasteiger partial charge in [-0.3, -0.25) is 4.79 Å². The van der Waals surface area contributed by atoms with Gasteiger partial charge in [0.1, 0.15) is 5.56 Å². The largest absolute Gasteiger partial charge is 0.462 e. The molecule has 0 unspecified atom stereocenters. The van der Waals surface area contributed by atoms with Crippen LogP contribution in [0, 0.1) is 23.3 Å². The summed E-state index contributed by atoms with van der Waals surface area (Å²) in [6, 6.07) is 0. The van der Waals surface area contributed by atoms with Gasteiger partial charge in [0.15, 0.2) is 29.1 Å². The van der Waals surface area contributed by atoms with E-state index in [2.05, 4.69) is 4.74 Å². The smallest absolute Gasteiger partial charge is 0.344 e. The predicted molar refractivity (Wildman–Crippen MR) is 56.9 cm³/mol. The fraction of sp³-hybridized carbons (Fsp3) is 0.333. The molecule has 0 atom stereocenters. The van der Waals surface area contributed by atoms with Crippen LogP contribution < -0.4 is 0 Å². The normalized spacial score (nSPS) is 10.4. The first-order chi connectivity index (χ1) is 8.86. The monoisotopic (exact) mass is 278 g/mol. The summed E-state index contributed by atoms with van der Waals surface area (Å²) in [7, 11) is 0. The number of rotatable bonds is 4. The van der Waals surface area contributed by atoms with Crippen LogP contribution in [-0.2, 0) is 4.74 Å². The molecule has 0 heterocycles. The zero-order chi connectivity index (χ0) is 14.7. The van der Waals surface area contributed by atoms with Crippen LogP contribution in [0.4, 0.5) is 17.6 Å². The zero-order valence-corrected chi connectivity index (χ0v) is 10.2. The fourth-order valence-corrected chi connectivity index (χ4v) is 1.44. The van der Waals surface area contributed by atoms with Crippen LogP contribution in [0.2, 0.25) is 0 Å². The Hall–Kier alpha value is -1.92. The molecule has 7 heteroatoms. The Labute approximate surface area is 106 Å². The molecule has 1 aromatic rings. The van der Waals surface area contributed by atoms with Crippen molar-refractivity contribution in [2.75, 3.05) is 6.61 Å². The van der Waals surface area contributed by atoms with Gasteiger partial charge in [-0.05, 0) is 6.92 Å². The van der Waals surface area contributed by atoms with E-state index >= 15 is 0 Å². The molecule has 0 saturated heterocycles. The maximum atomic E-state index is 13.5. The van der Waals surface area contributed by atoms with E-state index in [1.54, 1.807) is 0 Å². The highest BCUT2D eigenvalue weighted by molar-refractivity contribution is 5.98. The number of hydrogen-bond acceptors (Lipinski definition) is 3. The highest BCUT2D eigenvalue weighted by Crippen LogP contribution is 2.25. The second-order valence-corrected chi connectivity index (χ2v) is 3.50. The molecule has 0 saturated carbocycles. The number of carbonyl (C=O) groups is 2. The number of ether oxygens (including phenoxy) is 1. The molecule has 0 aliphatic heterocycles. The van der Waals surface area contributed by atoms with Gasteiger partial charge in [0.2, 0.25) is 0 Å². The van der Waals surface area contributed by atoms with Crippen LogP contribution in [0.3, 0.4) is 0 Å². The van der Waals surface area contributed by atoms with Crippen LogP contribution in [0.15, 0.2) is 0 Å². The van der Waals surface area contributed by atoms with E-state index in [9.17, 15) is 27.2 Å². The maximum absolute atomic E-state index is 13.5. The van der Waals surface area contributed by atoms with Crippen LogP contribution >= 0.6 is 0 Å². The van der Waals surface area contributed by atoms with E-state index in [1.165, 1.54) is 13.8 Å². The number of halogens is 4. The Balaban J connectivity index is 3.56. The highest BCUT2D eigenvalue weighted by atomic mass is 19.2. The van der Waals surface area contributed by atoms with Gasteiger partial charge in [-0.15, -0.1) is 0 Å². The molecular weight excluding hydrogens is 268 g/mol. The van der Waals surface area contributed by atoms with E-state index in [0.29, 0.717) is 0 Å². The van der Waals surface area contributed by atoms with Crippen molar-refractivity contribution in [1.82, 2.24) is 0 Å². The van der Waals surface area contributed by atoms with Crippen molar-refractivity contribution in [2.24, 2.45) is 0 Å². The highest BCUT2D eigenvalue weighted by Gasteiger charge is 2.32. The zero-order valence-electron chi connectivity index (χ0n) is 10.2. The van der Waals surface area contributed by atoms with Crippen molar-refractivity contribution in [3.63, 3.8) is 0 Å². The Bertz CT molecular complexity index is 511. The summed E-state index contributed by atoms with van der Waals surface area (Å²) in [5.41, 5.74) is -2.81. The summed E-state index contributed by atoms with van der Waals surface area (Å²) in [5.74, 6) is -10.3. The molecule has 0 fully saturated rings. The number of esters is 1. The topological polar surface area (TPSA) is 43.4 Å². The van der Waals surface area contributed by atoms with Gasteiger partial charge in [0, 0.05) is 6.42 Å². The van der Waals surface area contributed by atoms with E-state index in [0.717, 1.165) is 0 Å². The third-order valence-electron chi connectivity index (χ3n) is 2.34. The van der Waals surface area contributed by atoms with Crippen LogP contribution in [0.25, 0.3) is 0 Å². The van der Waals surface area contributed by atoms with Gasteiger partial charge in [-0.1, -0.05) is 6.92 Å². The molecule has 0 aromatic heterocycles. The lowest BCUT2D eigenvalue weighted by Gasteiger charge is -2.10. The number of carbonyl (C=O) groups excluding carboxylic acids is 2. The fourth-order valence-electron chi connectivity index (χ4n) is 1.44. The summed E-state index contributed by atoms with van der Waals surface area (Å²) in [4.78, 5) is 22.5. The standard InChI is InChI=1S/C12H10F4O3/c1-3-5(17)6-8(13)10(15)7(11(16)9(6)14)12(18)19-4-2/h3-4H2,1-2H3. The Morgan fingerprint density at radius 2 is 1.32 bits per heavy atom. The molecular formula is C12H10F4O3. The second-order valence-electron chi connectivity index (χ2n) is 3.50. The molecule has 0 aliphatic rings. The molecule has 0 bridgehead atoms. The predicted octanol–water partition coefficient (Wildman–Crippen LogP) is 3.01. The molecule has 0 N–H and O–H groups in total. The summed E-state index contributed by atoms with van der Waals surface area (Å²) in [6.45, 7) is 2.41. The first-order valence-electron chi connectivity index (χ1n) is 5.42. The van der Waals surface area contributed by atoms with E-state index in [4.69, 9.17) is 0 Å². The first kappa shape index (κ1) is 15.1. The van der Waals surface area contributed by atoms with Gasteiger partial charge in [-0.25, -0.2) is 22.4 Å². The van der Waals surface area contributed by atoms with Gasteiger partial charge in [0.05, 0.1) is 12.2 Å². The van der Waals surface area contributed by atoms with Gasteiger partial charge in [0.25, 0.3) is 0 Å². The Morgan fingerprint density at radius 1 is 0.895 bits per heavy atom. The number of ketones is 1. The lowest BCUT2D eigenvalue weighted by atomic mass is 10.0. The summed E-state index contributed by atoms with van der Waals surface area (Å²) < 4.78 is 58.4. The molecule has 104 valence electrons. The van der Waals surface area contributed by atoms with Gasteiger partial charge in [-0.2, -0.15) is 0 Å². The molecule has 3 nitrogen and oxygen atoms in total. The number of benzene rings is 1. The second kappa shape index (κ2) is 5.81. The molecule has 0 spiro atoms. The minimum absolute atomic E-state index is 0.226. The molecule has 19 heavy (non-hydrogen) atoms. The quantitative estimate of drug-likeness (QED) is 0.368. The molecule has 0 amide bonds. The number of Topliss-reactive ketones (excluding diaryl/α,β-unsaturated/α-hetero) is 1. The Kier molecular flexibility index (Phi) is 4.63. The minimum Gasteiger partial charge on any atom is -0.462 e. The van der Waals surface area contributed by atoms with E-state index in [1.807, 2.05) is 0 Å². The van der Waals surface area contributed by atoms with Gasteiger partial charge < -0.3 is 4.74 Å². The maximum Gasteiger partial charge on any atom is 0.344 e. The average Bonchev–Trinajstić information content (AvgIpc) is 2.37. The molecule has 1 aromatic carbocycles. The summed E-state index contributed by atoms with van der Waals surface area (Å²) >= 11 is 0. The summed E-state index contributed by atoms with van der Waals surface area (Å²) in [5, 5.41) is 0. The van der Waals surface area contributed by atoms with Crippen LogP contribution in [0.5, 0.6) is 0 Å². The molecule has 1 rings (SSSR count). The third kappa shape index (κ3) is 2.59. The van der Waals surface area contributed by atoms with Crippen molar-refractivity contribution in [1.29, 1.82) is 0 Å². The van der Waals surface area contributed by atoms with Crippen molar-refractivity contribution < 1.29 is 31.9 Å². The van der Waals surface area contributed by atoms with Crippen molar-refractivity contribution in [3.05, 3.63) is 34.4 Å². The lowest BCUT2D eigenvalue weighted by molar-refractivity contribution is 0.0511. The molecule has 0 aliphatic carbocycles. The van der Waals surface area contributed by atoms with Crippen molar-refractivity contribution in [2.45, 2.75) is 20.3 Å². The molecule has 0 radical (unpaired) electrons.